The molecule has 1 aliphatic heterocycles. The average Bonchev–Trinajstić information content (AvgIpc) is 3.18. The summed E-state index contributed by atoms with van der Waals surface area (Å²) in [6.07, 6.45) is 2.73. The summed E-state index contributed by atoms with van der Waals surface area (Å²) in [7, 11) is 0. The van der Waals surface area contributed by atoms with Crippen molar-refractivity contribution in [2.75, 3.05) is 0 Å². The van der Waals surface area contributed by atoms with Crippen LogP contribution in [0.1, 0.15) is 16.7 Å². The van der Waals surface area contributed by atoms with Gasteiger partial charge in [0.1, 0.15) is 18.5 Å². The van der Waals surface area contributed by atoms with Crippen molar-refractivity contribution in [1.29, 1.82) is 0 Å². The summed E-state index contributed by atoms with van der Waals surface area (Å²) in [6, 6.07) is 23.5. The fraction of sp³-hybridized carbons (Fsp3) is 0.130. The molecule has 0 spiro atoms. The molecule has 1 heterocycles. The first-order valence-corrected chi connectivity index (χ1v) is 9.78. The van der Waals surface area contributed by atoms with Gasteiger partial charge in [0.15, 0.2) is 0 Å². The van der Waals surface area contributed by atoms with Crippen molar-refractivity contribution in [3.63, 3.8) is 0 Å². The second-order valence-electron chi connectivity index (χ2n) is 6.54. The standard InChI is InChI=1S/C23H19Cl2NO2/c24-19-11-10-18(21(25)13-19)15-27-23-9-5-4-8-17(23)12-20-14-22(26-28-20)16-6-2-1-3-7-16/h1-11,13-14,20,26H,12,15H2/t20-/m0/s1. The van der Waals surface area contributed by atoms with E-state index < -0.39 is 0 Å². The molecule has 3 nitrogen and oxygen atoms in total. The molecule has 0 saturated carbocycles. The van der Waals surface area contributed by atoms with Gasteiger partial charge in [-0.05, 0) is 35.4 Å². The van der Waals surface area contributed by atoms with Crippen LogP contribution in [-0.2, 0) is 17.9 Å². The van der Waals surface area contributed by atoms with Crippen LogP contribution < -0.4 is 10.2 Å². The Hall–Kier alpha value is -2.46. The Kier molecular flexibility index (Phi) is 5.87. The summed E-state index contributed by atoms with van der Waals surface area (Å²) < 4.78 is 6.04. The van der Waals surface area contributed by atoms with E-state index in [9.17, 15) is 0 Å². The van der Waals surface area contributed by atoms with E-state index in [0.717, 1.165) is 28.1 Å². The lowest BCUT2D eigenvalue weighted by Crippen LogP contribution is -2.15. The number of ether oxygens (including phenoxy) is 1. The molecule has 3 aromatic carbocycles. The van der Waals surface area contributed by atoms with Gasteiger partial charge in [0.25, 0.3) is 0 Å². The molecule has 28 heavy (non-hydrogen) atoms. The highest BCUT2D eigenvalue weighted by Crippen LogP contribution is 2.27. The van der Waals surface area contributed by atoms with Crippen LogP contribution in [0.4, 0.5) is 0 Å². The van der Waals surface area contributed by atoms with Crippen LogP contribution in [-0.4, -0.2) is 6.10 Å². The molecule has 4 rings (SSSR count). The molecule has 0 aromatic heterocycles. The lowest BCUT2D eigenvalue weighted by Gasteiger charge is -2.14. The van der Waals surface area contributed by atoms with Crippen LogP contribution in [0.2, 0.25) is 10.0 Å². The number of halogens is 2. The largest absolute Gasteiger partial charge is 0.489 e. The number of hydrogen-bond acceptors (Lipinski definition) is 3. The number of hydrogen-bond donors (Lipinski definition) is 1. The van der Waals surface area contributed by atoms with Gasteiger partial charge in [-0.15, -0.1) is 0 Å². The minimum absolute atomic E-state index is 0.0703. The summed E-state index contributed by atoms with van der Waals surface area (Å²) in [5.74, 6) is 0.818. The zero-order chi connectivity index (χ0) is 19.3. The van der Waals surface area contributed by atoms with Gasteiger partial charge in [0.05, 0.1) is 5.70 Å². The van der Waals surface area contributed by atoms with Crippen molar-refractivity contribution in [3.05, 3.63) is 106 Å². The Bertz CT molecular complexity index is 989. The highest BCUT2D eigenvalue weighted by atomic mass is 35.5. The van der Waals surface area contributed by atoms with Gasteiger partial charge in [0.2, 0.25) is 0 Å². The Morgan fingerprint density at radius 3 is 2.50 bits per heavy atom. The van der Waals surface area contributed by atoms with E-state index in [4.69, 9.17) is 32.8 Å². The van der Waals surface area contributed by atoms with Crippen LogP contribution in [0.5, 0.6) is 5.75 Å². The van der Waals surface area contributed by atoms with Gasteiger partial charge in [0, 0.05) is 22.0 Å². The first kappa shape index (κ1) is 18.9. The van der Waals surface area contributed by atoms with E-state index in [1.54, 1.807) is 6.07 Å². The predicted molar refractivity (Wildman–Crippen MR) is 113 cm³/mol. The van der Waals surface area contributed by atoms with Gasteiger partial charge >= 0.3 is 0 Å². The molecule has 0 fully saturated rings. The lowest BCUT2D eigenvalue weighted by molar-refractivity contribution is 0.0515. The molecule has 1 N–H and O–H groups in total. The molecule has 142 valence electrons. The number of rotatable bonds is 6. The quantitative estimate of drug-likeness (QED) is 0.534. The third kappa shape index (κ3) is 4.50. The number of para-hydroxylation sites is 1. The highest BCUT2D eigenvalue weighted by Gasteiger charge is 2.19. The van der Waals surface area contributed by atoms with E-state index in [0.29, 0.717) is 23.1 Å². The topological polar surface area (TPSA) is 30.5 Å². The van der Waals surface area contributed by atoms with E-state index in [1.165, 1.54) is 0 Å². The zero-order valence-electron chi connectivity index (χ0n) is 15.1. The third-order valence-electron chi connectivity index (χ3n) is 4.55. The van der Waals surface area contributed by atoms with E-state index in [1.807, 2.05) is 48.5 Å². The third-order valence-corrected chi connectivity index (χ3v) is 5.14. The van der Waals surface area contributed by atoms with Crippen molar-refractivity contribution in [2.24, 2.45) is 0 Å². The molecule has 1 atom stereocenters. The maximum Gasteiger partial charge on any atom is 0.123 e. The Morgan fingerprint density at radius 1 is 0.893 bits per heavy atom. The van der Waals surface area contributed by atoms with Gasteiger partial charge in [-0.1, -0.05) is 77.8 Å². The molecule has 0 bridgehead atoms. The molecular formula is C23H19Cl2NO2. The van der Waals surface area contributed by atoms with Crippen LogP contribution in [0.3, 0.4) is 0 Å². The maximum atomic E-state index is 6.25. The minimum Gasteiger partial charge on any atom is -0.489 e. The molecule has 0 aliphatic carbocycles. The molecular weight excluding hydrogens is 393 g/mol. The normalized spacial score (nSPS) is 15.8. The zero-order valence-corrected chi connectivity index (χ0v) is 16.6. The fourth-order valence-electron chi connectivity index (χ4n) is 3.09. The predicted octanol–water partition coefficient (Wildman–Crippen LogP) is 6.06. The Labute approximate surface area is 174 Å². The van der Waals surface area contributed by atoms with E-state index >= 15 is 0 Å². The smallest absolute Gasteiger partial charge is 0.123 e. The highest BCUT2D eigenvalue weighted by molar-refractivity contribution is 6.35. The fourth-order valence-corrected chi connectivity index (χ4v) is 3.55. The average molecular weight is 412 g/mol. The first-order valence-electron chi connectivity index (χ1n) is 9.02. The molecule has 1 aliphatic rings. The minimum atomic E-state index is -0.0703. The van der Waals surface area contributed by atoms with Crippen LogP contribution in [0.25, 0.3) is 5.70 Å². The van der Waals surface area contributed by atoms with E-state index in [-0.39, 0.29) is 6.10 Å². The summed E-state index contributed by atoms with van der Waals surface area (Å²) in [5.41, 5.74) is 7.08. The summed E-state index contributed by atoms with van der Waals surface area (Å²) in [6.45, 7) is 0.377. The Balaban J connectivity index is 1.45. The van der Waals surface area contributed by atoms with Crippen molar-refractivity contribution in [1.82, 2.24) is 5.48 Å². The summed E-state index contributed by atoms with van der Waals surface area (Å²) in [4.78, 5) is 5.74. The monoisotopic (exact) mass is 411 g/mol. The molecule has 0 radical (unpaired) electrons. The second kappa shape index (κ2) is 8.70. The molecule has 0 unspecified atom stereocenters. The van der Waals surface area contributed by atoms with Crippen LogP contribution >= 0.6 is 23.2 Å². The number of benzene rings is 3. The summed E-state index contributed by atoms with van der Waals surface area (Å²) >= 11 is 12.2. The van der Waals surface area contributed by atoms with Gasteiger partial charge in [-0.3, -0.25) is 10.3 Å². The van der Waals surface area contributed by atoms with Gasteiger partial charge in [-0.25, -0.2) is 0 Å². The molecule has 5 heteroatoms. The second-order valence-corrected chi connectivity index (χ2v) is 7.38. The van der Waals surface area contributed by atoms with Crippen LogP contribution in [0.15, 0.2) is 78.9 Å². The number of nitrogens with one attached hydrogen (secondary N) is 1. The van der Waals surface area contributed by atoms with Crippen LogP contribution in [0, 0.1) is 0 Å². The van der Waals surface area contributed by atoms with Crippen molar-refractivity contribution in [2.45, 2.75) is 19.1 Å². The van der Waals surface area contributed by atoms with Gasteiger partial charge < -0.3 is 4.74 Å². The maximum absolute atomic E-state index is 6.25. The summed E-state index contributed by atoms with van der Waals surface area (Å²) in [5, 5.41) is 1.21. The molecule has 0 amide bonds. The lowest BCUT2D eigenvalue weighted by atomic mass is 10.0. The van der Waals surface area contributed by atoms with Crippen molar-refractivity contribution < 1.29 is 9.57 Å². The SMILES string of the molecule is Clc1ccc(COc2ccccc2C[C@H]2C=C(c3ccccc3)NO2)c(Cl)c1. The van der Waals surface area contributed by atoms with E-state index in [2.05, 4.69) is 29.8 Å². The van der Waals surface area contributed by atoms with Gasteiger partial charge in [-0.2, -0.15) is 0 Å². The van der Waals surface area contributed by atoms with Crippen molar-refractivity contribution >= 4 is 28.9 Å². The Morgan fingerprint density at radius 2 is 1.68 bits per heavy atom. The molecule has 3 aromatic rings. The van der Waals surface area contributed by atoms with Crippen molar-refractivity contribution in [3.8, 4) is 5.75 Å². The molecule has 0 saturated heterocycles. The number of hydroxylamine groups is 1. The first-order chi connectivity index (χ1) is 13.7.